The van der Waals surface area contributed by atoms with E-state index in [0.29, 0.717) is 0 Å². The van der Waals surface area contributed by atoms with E-state index in [1.54, 1.807) is 0 Å². The monoisotopic (exact) mass is 140 g/mol. The number of hydrogen-bond acceptors (Lipinski definition) is 0. The van der Waals surface area contributed by atoms with E-state index < -0.39 is 12.2 Å². The van der Waals surface area contributed by atoms with Gasteiger partial charge in [-0.2, -0.15) is 17.6 Å². The number of rotatable bonds is 0. The van der Waals surface area contributed by atoms with Crippen molar-refractivity contribution in [2.75, 3.05) is 0 Å². The van der Waals surface area contributed by atoms with E-state index in [9.17, 15) is 17.6 Å². The summed E-state index contributed by atoms with van der Waals surface area (Å²) in [5.74, 6) is 0. The molecule has 0 amide bonds. The second-order valence-electron chi connectivity index (χ2n) is 0.521. The smallest absolute Gasteiger partial charge is 0.167 e. The van der Waals surface area contributed by atoms with Crippen molar-refractivity contribution >= 4 is 0 Å². The Morgan fingerprint density at radius 3 is 0.857 bits per heavy atom. The summed E-state index contributed by atoms with van der Waals surface area (Å²) >= 11 is 0. The van der Waals surface area contributed by atoms with Gasteiger partial charge in [0.25, 0.3) is 0 Å². The fourth-order valence-corrected chi connectivity index (χ4v) is 0. The Balaban J connectivity index is 0. The van der Waals surface area contributed by atoms with Crippen LogP contribution < -0.4 is 0 Å². The molecular formula is C2ArF4. The van der Waals surface area contributed by atoms with Crippen LogP contribution in [0.15, 0.2) is 12.2 Å². The summed E-state index contributed by atoms with van der Waals surface area (Å²) in [5.41, 5.74) is 0. The summed E-state index contributed by atoms with van der Waals surface area (Å²) in [6.45, 7) is 0. The molecule has 5 heteroatoms. The van der Waals surface area contributed by atoms with Crippen LogP contribution in [-0.2, 0) is 0 Å². The molecule has 0 N–H and O–H groups in total. The topological polar surface area (TPSA) is 0 Å². The molecule has 0 fully saturated rings. The van der Waals surface area contributed by atoms with Crippen molar-refractivity contribution in [1.29, 1.82) is 0 Å². The second kappa shape index (κ2) is 4.87. The van der Waals surface area contributed by atoms with Crippen LogP contribution in [0.5, 0.6) is 0 Å². The van der Waals surface area contributed by atoms with E-state index in [1.165, 1.54) is 0 Å². The molecule has 0 radical (unpaired) electrons. The van der Waals surface area contributed by atoms with Crippen molar-refractivity contribution in [1.82, 2.24) is 0 Å². The average Bonchev–Trinajstić information content (AvgIpc) is 1.36. The van der Waals surface area contributed by atoms with Gasteiger partial charge in [0.05, 0.1) is 0 Å². The zero-order valence-electron chi connectivity index (χ0n) is 2.87. The van der Waals surface area contributed by atoms with E-state index in [4.69, 9.17) is 0 Å². The SMILES string of the molecule is FC(F)=C(F)F.[Ar]. The molecule has 0 bridgehead atoms. The Kier molecular flexibility index (Phi) is 7.41. The minimum atomic E-state index is -2.91. The first-order valence-electron chi connectivity index (χ1n) is 1.01. The first-order valence-corrected chi connectivity index (χ1v) is 1.01. The molecular weight excluding hydrogens is 140 g/mol. The van der Waals surface area contributed by atoms with Gasteiger partial charge in [-0.05, 0) is 0 Å². The fraction of sp³-hybridized carbons (Fsp3) is 0. The molecule has 0 rings (SSSR count). The molecule has 0 aromatic carbocycles. The molecule has 0 saturated heterocycles. The van der Waals surface area contributed by atoms with Gasteiger partial charge in [0, 0.05) is 37.7 Å². The van der Waals surface area contributed by atoms with Gasteiger partial charge in [0.1, 0.15) is 0 Å². The predicted molar refractivity (Wildman–Crippen MR) is 11.5 cm³/mol. The third kappa shape index (κ3) is 6.72. The average molecular weight is 140 g/mol. The van der Waals surface area contributed by atoms with Gasteiger partial charge in [0.15, 0.2) is 0 Å². The minimum Gasteiger partial charge on any atom is -0.167 e. The quantitative estimate of drug-likeness (QED) is 0.451. The van der Waals surface area contributed by atoms with Crippen LogP contribution in [-0.4, -0.2) is 0 Å². The Hall–Kier alpha value is 0.720. The van der Waals surface area contributed by atoms with Crippen molar-refractivity contribution in [2.24, 2.45) is 0 Å². The molecule has 0 aliphatic carbocycles. The van der Waals surface area contributed by atoms with E-state index in [1.807, 2.05) is 0 Å². The van der Waals surface area contributed by atoms with Crippen LogP contribution in [0.4, 0.5) is 17.6 Å². The Morgan fingerprint density at radius 1 is 0.714 bits per heavy atom. The van der Waals surface area contributed by atoms with E-state index in [0.717, 1.165) is 0 Å². The first kappa shape index (κ1) is 10.7. The van der Waals surface area contributed by atoms with Crippen molar-refractivity contribution < 1.29 is 55.3 Å². The maximum absolute atomic E-state index is 10.3. The molecule has 0 aliphatic heterocycles. The second-order valence-corrected chi connectivity index (χ2v) is 0.521. The summed E-state index contributed by atoms with van der Waals surface area (Å²) < 4.78 is 41.1. The van der Waals surface area contributed by atoms with Crippen LogP contribution in [0.25, 0.3) is 0 Å². The summed E-state index contributed by atoms with van der Waals surface area (Å²) in [7, 11) is 0. The maximum atomic E-state index is 10.3. The molecule has 0 aromatic heterocycles. The first-order chi connectivity index (χ1) is 2.64. The molecule has 0 saturated carbocycles. The van der Waals surface area contributed by atoms with Crippen LogP contribution in [0, 0.1) is 37.7 Å². The van der Waals surface area contributed by atoms with E-state index in [-0.39, 0.29) is 37.7 Å². The van der Waals surface area contributed by atoms with Gasteiger partial charge in [0.2, 0.25) is 0 Å². The molecule has 0 aliphatic rings. The van der Waals surface area contributed by atoms with Crippen molar-refractivity contribution in [3.8, 4) is 0 Å². The summed E-state index contributed by atoms with van der Waals surface area (Å²) in [5, 5.41) is 0. The van der Waals surface area contributed by atoms with Crippen LogP contribution >= 0.6 is 0 Å². The summed E-state index contributed by atoms with van der Waals surface area (Å²) in [6, 6.07) is 0. The zero-order valence-corrected chi connectivity index (χ0v) is 3.57. The summed E-state index contributed by atoms with van der Waals surface area (Å²) in [4.78, 5) is 0. The predicted octanol–water partition coefficient (Wildman–Crippen LogP) is 1.99. The fourth-order valence-electron chi connectivity index (χ4n) is 0. The molecule has 0 heterocycles. The van der Waals surface area contributed by atoms with Gasteiger partial charge in [-0.25, -0.2) is 0 Å². The normalized spacial score (nSPS) is 6.86. The van der Waals surface area contributed by atoms with Gasteiger partial charge >= 0.3 is 12.2 Å². The molecule has 0 unspecified atom stereocenters. The third-order valence-corrected chi connectivity index (χ3v) is 0.143. The van der Waals surface area contributed by atoms with E-state index >= 15 is 0 Å². The van der Waals surface area contributed by atoms with E-state index in [2.05, 4.69) is 0 Å². The Morgan fingerprint density at radius 2 is 0.857 bits per heavy atom. The van der Waals surface area contributed by atoms with Gasteiger partial charge in [-0.1, -0.05) is 0 Å². The van der Waals surface area contributed by atoms with Gasteiger partial charge in [-0.3, -0.25) is 0 Å². The Labute approximate surface area is 67.2 Å². The van der Waals surface area contributed by atoms with Gasteiger partial charge < -0.3 is 0 Å². The standard InChI is InChI=1S/C2F4.Ar/c3-1(4)2(5)6;. The van der Waals surface area contributed by atoms with Crippen LogP contribution in [0.2, 0.25) is 0 Å². The van der Waals surface area contributed by atoms with Gasteiger partial charge in [-0.15, -0.1) is 0 Å². The summed E-state index contributed by atoms with van der Waals surface area (Å²) in [6.07, 6.45) is -5.81. The van der Waals surface area contributed by atoms with Crippen LogP contribution in [0.1, 0.15) is 0 Å². The minimum absolute atomic E-state index is 0. The molecule has 0 aromatic rings. The largest absolute Gasteiger partial charge is 0.334 e. The zero-order chi connectivity index (χ0) is 5.15. The Bertz CT molecular complexity index is 59.8. The molecule has 0 spiro atoms. The van der Waals surface area contributed by atoms with Crippen LogP contribution in [0.3, 0.4) is 0 Å². The maximum Gasteiger partial charge on any atom is 0.334 e. The van der Waals surface area contributed by atoms with Crippen molar-refractivity contribution in [3.63, 3.8) is 0 Å². The van der Waals surface area contributed by atoms with Crippen molar-refractivity contribution in [3.05, 3.63) is 12.2 Å². The third-order valence-electron chi connectivity index (χ3n) is 0.143. The molecule has 44 valence electrons. The number of halogens is 4. The molecule has 0 nitrogen and oxygen atoms in total. The molecule has 7 heavy (non-hydrogen) atoms. The van der Waals surface area contributed by atoms with Crippen molar-refractivity contribution in [2.45, 2.75) is 0 Å². The molecule has 0 atom stereocenters. The number of hydrogen-bond donors (Lipinski definition) is 0.